The minimum atomic E-state index is 0. The van der Waals surface area contributed by atoms with Crippen LogP contribution in [0.15, 0.2) is 17.3 Å². The van der Waals surface area contributed by atoms with Crippen LogP contribution in [0.25, 0.3) is 0 Å². The zero-order valence-corrected chi connectivity index (χ0v) is 17.3. The molecule has 0 aliphatic heterocycles. The van der Waals surface area contributed by atoms with Crippen molar-refractivity contribution in [2.75, 3.05) is 34.2 Å². The molecular formula is C16H33IN6. The molecule has 0 atom stereocenters. The van der Waals surface area contributed by atoms with Gasteiger partial charge in [-0.15, -0.1) is 24.0 Å². The van der Waals surface area contributed by atoms with E-state index in [1.54, 1.807) is 7.05 Å². The number of nitrogens with zero attached hydrogens (tertiary/aromatic N) is 4. The standard InChI is InChI=1S/C16H32N6.HI/c1-17-16(19-14-15-10-12-20-22(15)4)18-11-8-6-5-7-9-13-21(2)3;/h10,12H,5-9,11,13-14H2,1-4H3,(H2,17,18,19);1H. The van der Waals surface area contributed by atoms with Crippen LogP contribution in [0.2, 0.25) is 0 Å². The average molecular weight is 436 g/mol. The van der Waals surface area contributed by atoms with E-state index in [0.29, 0.717) is 0 Å². The molecule has 0 spiro atoms. The summed E-state index contributed by atoms with van der Waals surface area (Å²) in [6.45, 7) is 2.91. The summed E-state index contributed by atoms with van der Waals surface area (Å²) in [5.41, 5.74) is 1.14. The molecule has 134 valence electrons. The molecule has 1 aromatic rings. The number of aryl methyl sites for hydroxylation is 1. The number of aliphatic imine (C=N–C) groups is 1. The van der Waals surface area contributed by atoms with Crippen LogP contribution in [0, 0.1) is 0 Å². The average Bonchev–Trinajstić information content (AvgIpc) is 2.90. The number of hydrogen-bond acceptors (Lipinski definition) is 3. The van der Waals surface area contributed by atoms with Crippen molar-refractivity contribution < 1.29 is 0 Å². The van der Waals surface area contributed by atoms with Gasteiger partial charge >= 0.3 is 0 Å². The van der Waals surface area contributed by atoms with Crippen molar-refractivity contribution in [3.63, 3.8) is 0 Å². The third kappa shape index (κ3) is 10.5. The lowest BCUT2D eigenvalue weighted by molar-refractivity contribution is 0.389. The summed E-state index contributed by atoms with van der Waals surface area (Å²) >= 11 is 0. The highest BCUT2D eigenvalue weighted by molar-refractivity contribution is 14.0. The Morgan fingerprint density at radius 2 is 1.87 bits per heavy atom. The molecule has 0 aliphatic carbocycles. The van der Waals surface area contributed by atoms with Crippen LogP contribution in [0.4, 0.5) is 0 Å². The molecule has 7 heteroatoms. The first-order chi connectivity index (χ1) is 10.6. The van der Waals surface area contributed by atoms with Gasteiger partial charge in [-0.05, 0) is 39.5 Å². The number of aromatic nitrogens is 2. The van der Waals surface area contributed by atoms with Crippen molar-refractivity contribution in [2.24, 2.45) is 12.0 Å². The third-order valence-electron chi connectivity index (χ3n) is 3.66. The summed E-state index contributed by atoms with van der Waals surface area (Å²) in [4.78, 5) is 6.49. The molecule has 1 aromatic heterocycles. The Hall–Kier alpha value is -0.830. The van der Waals surface area contributed by atoms with Crippen LogP contribution in [-0.4, -0.2) is 54.9 Å². The summed E-state index contributed by atoms with van der Waals surface area (Å²) in [7, 11) is 8.02. The maximum Gasteiger partial charge on any atom is 0.191 e. The van der Waals surface area contributed by atoms with Gasteiger partial charge < -0.3 is 15.5 Å². The summed E-state index contributed by atoms with van der Waals surface area (Å²) in [5, 5.41) is 10.8. The monoisotopic (exact) mass is 436 g/mol. The van der Waals surface area contributed by atoms with Gasteiger partial charge in [0, 0.05) is 26.8 Å². The normalized spacial score (nSPS) is 11.4. The van der Waals surface area contributed by atoms with Crippen LogP contribution >= 0.6 is 24.0 Å². The van der Waals surface area contributed by atoms with E-state index >= 15 is 0 Å². The van der Waals surface area contributed by atoms with Crippen molar-refractivity contribution in [1.82, 2.24) is 25.3 Å². The Labute approximate surface area is 158 Å². The fourth-order valence-corrected chi connectivity index (χ4v) is 2.26. The van der Waals surface area contributed by atoms with Gasteiger partial charge in [-0.2, -0.15) is 5.10 Å². The van der Waals surface area contributed by atoms with E-state index in [2.05, 4.69) is 39.7 Å². The molecule has 0 saturated heterocycles. The Morgan fingerprint density at radius 1 is 1.17 bits per heavy atom. The molecule has 0 saturated carbocycles. The van der Waals surface area contributed by atoms with Gasteiger partial charge in [0.25, 0.3) is 0 Å². The van der Waals surface area contributed by atoms with Gasteiger partial charge in [-0.3, -0.25) is 9.67 Å². The predicted molar refractivity (Wildman–Crippen MR) is 108 cm³/mol. The topological polar surface area (TPSA) is 57.5 Å². The number of rotatable bonds is 10. The molecule has 0 unspecified atom stereocenters. The fraction of sp³-hybridized carbons (Fsp3) is 0.750. The summed E-state index contributed by atoms with van der Waals surface area (Å²) in [6.07, 6.45) is 8.22. The van der Waals surface area contributed by atoms with Gasteiger partial charge in [0.05, 0.1) is 12.2 Å². The molecule has 0 bridgehead atoms. The molecular weight excluding hydrogens is 403 g/mol. The number of nitrogens with one attached hydrogen (secondary N) is 2. The fourth-order valence-electron chi connectivity index (χ4n) is 2.26. The Bertz CT molecular complexity index is 430. The van der Waals surface area contributed by atoms with Crippen molar-refractivity contribution >= 4 is 29.9 Å². The lowest BCUT2D eigenvalue weighted by Gasteiger charge is -2.12. The van der Waals surface area contributed by atoms with Gasteiger partial charge in [0.1, 0.15) is 0 Å². The number of halogens is 1. The first kappa shape index (κ1) is 22.2. The summed E-state index contributed by atoms with van der Waals surface area (Å²) < 4.78 is 1.87. The smallest absolute Gasteiger partial charge is 0.191 e. The second-order valence-corrected chi connectivity index (χ2v) is 5.87. The zero-order chi connectivity index (χ0) is 16.2. The Kier molecular flexibility index (Phi) is 13.1. The summed E-state index contributed by atoms with van der Waals surface area (Å²) in [6, 6.07) is 2.01. The second kappa shape index (κ2) is 13.6. The van der Waals surface area contributed by atoms with Crippen molar-refractivity contribution in [3.8, 4) is 0 Å². The van der Waals surface area contributed by atoms with Gasteiger partial charge in [-0.25, -0.2) is 0 Å². The third-order valence-corrected chi connectivity index (χ3v) is 3.66. The number of guanidine groups is 1. The second-order valence-electron chi connectivity index (χ2n) is 5.87. The van der Waals surface area contributed by atoms with Gasteiger partial charge in [0.15, 0.2) is 5.96 Å². The highest BCUT2D eigenvalue weighted by atomic mass is 127. The SMILES string of the molecule is CN=C(NCCCCCCCN(C)C)NCc1ccnn1C.I. The molecule has 1 heterocycles. The van der Waals surface area contributed by atoms with E-state index in [4.69, 9.17) is 0 Å². The van der Waals surface area contributed by atoms with E-state index in [0.717, 1.165) is 24.7 Å². The molecule has 1 rings (SSSR count). The predicted octanol–water partition coefficient (Wildman–Crippen LogP) is 2.22. The molecule has 0 fully saturated rings. The maximum absolute atomic E-state index is 4.24. The first-order valence-corrected chi connectivity index (χ1v) is 8.19. The first-order valence-electron chi connectivity index (χ1n) is 8.19. The Balaban J connectivity index is 0.00000484. The lowest BCUT2D eigenvalue weighted by atomic mass is 10.1. The van der Waals surface area contributed by atoms with E-state index in [1.807, 2.05) is 24.0 Å². The van der Waals surface area contributed by atoms with E-state index in [9.17, 15) is 0 Å². The molecule has 23 heavy (non-hydrogen) atoms. The van der Waals surface area contributed by atoms with Crippen molar-refractivity contribution in [1.29, 1.82) is 0 Å². The van der Waals surface area contributed by atoms with Crippen molar-refractivity contribution in [2.45, 2.75) is 38.6 Å². The molecule has 6 nitrogen and oxygen atoms in total. The zero-order valence-electron chi connectivity index (χ0n) is 15.0. The highest BCUT2D eigenvalue weighted by Crippen LogP contribution is 2.02. The molecule has 0 aromatic carbocycles. The van der Waals surface area contributed by atoms with Gasteiger partial charge in [-0.1, -0.05) is 19.3 Å². The van der Waals surface area contributed by atoms with Crippen LogP contribution < -0.4 is 10.6 Å². The van der Waals surface area contributed by atoms with Crippen molar-refractivity contribution in [3.05, 3.63) is 18.0 Å². The highest BCUT2D eigenvalue weighted by Gasteiger charge is 2.01. The number of unbranched alkanes of at least 4 members (excludes halogenated alkanes) is 4. The van der Waals surface area contributed by atoms with Crippen LogP contribution in [0.5, 0.6) is 0 Å². The summed E-state index contributed by atoms with van der Waals surface area (Å²) in [5.74, 6) is 0.855. The molecule has 2 N–H and O–H groups in total. The van der Waals surface area contributed by atoms with Crippen LogP contribution in [0.3, 0.4) is 0 Å². The molecule has 0 radical (unpaired) electrons. The minimum Gasteiger partial charge on any atom is -0.356 e. The quantitative estimate of drug-likeness (QED) is 0.256. The van der Waals surface area contributed by atoms with Gasteiger partial charge in [0.2, 0.25) is 0 Å². The largest absolute Gasteiger partial charge is 0.356 e. The van der Waals surface area contributed by atoms with E-state index in [-0.39, 0.29) is 24.0 Å². The van der Waals surface area contributed by atoms with Crippen LogP contribution in [-0.2, 0) is 13.6 Å². The number of hydrogen-bond donors (Lipinski definition) is 2. The maximum atomic E-state index is 4.24. The van der Waals surface area contributed by atoms with E-state index < -0.39 is 0 Å². The Morgan fingerprint density at radius 3 is 2.48 bits per heavy atom. The lowest BCUT2D eigenvalue weighted by Crippen LogP contribution is -2.37. The van der Waals surface area contributed by atoms with Crippen LogP contribution in [0.1, 0.15) is 37.8 Å². The molecule has 0 amide bonds. The molecule has 0 aliphatic rings. The minimum absolute atomic E-state index is 0. The van der Waals surface area contributed by atoms with E-state index in [1.165, 1.54) is 38.6 Å².